The van der Waals surface area contributed by atoms with Crippen molar-refractivity contribution in [3.05, 3.63) is 61.1 Å². The van der Waals surface area contributed by atoms with Gasteiger partial charge in [0.15, 0.2) is 0 Å². The lowest BCUT2D eigenvalue weighted by atomic mass is 10.2. The topological polar surface area (TPSA) is 105 Å². The lowest BCUT2D eigenvalue weighted by Crippen LogP contribution is -2.30. The fraction of sp³-hybridized carbons (Fsp3) is 0.0909. The molecule has 0 saturated heterocycles. The van der Waals surface area contributed by atoms with Crippen molar-refractivity contribution in [1.82, 2.24) is 14.5 Å². The molecule has 19 heavy (non-hydrogen) atoms. The number of hydrogen-bond donors (Lipinski definition) is 2. The Morgan fingerprint density at radius 2 is 2.21 bits per heavy atom. The number of nitrogens with one attached hydrogen (secondary N) is 1. The van der Waals surface area contributed by atoms with E-state index in [0.29, 0.717) is 0 Å². The highest BCUT2D eigenvalue weighted by Gasteiger charge is 2.12. The molecule has 2 aromatic rings. The van der Waals surface area contributed by atoms with Crippen molar-refractivity contribution in [2.45, 2.75) is 6.54 Å². The average molecular weight is 326 g/mol. The number of carbonyl (C=O) groups is 1. The maximum atomic E-state index is 11.6. The summed E-state index contributed by atoms with van der Waals surface area (Å²) in [5.74, 6) is -1.13. The molecule has 0 aliphatic heterocycles. The Morgan fingerprint density at radius 3 is 2.89 bits per heavy atom. The summed E-state index contributed by atoms with van der Waals surface area (Å²) in [4.78, 5) is 39.9. The van der Waals surface area contributed by atoms with Gasteiger partial charge in [0, 0.05) is 12.4 Å². The second kappa shape index (κ2) is 5.19. The summed E-state index contributed by atoms with van der Waals surface area (Å²) in [5, 5.41) is 9.02. The van der Waals surface area contributed by atoms with Crippen LogP contribution in [0.3, 0.4) is 0 Å². The Bertz CT molecular complexity index is 750. The number of aromatic carboxylic acids is 1. The monoisotopic (exact) mass is 325 g/mol. The van der Waals surface area contributed by atoms with Crippen LogP contribution in [-0.2, 0) is 6.54 Å². The number of carboxylic acids is 1. The van der Waals surface area contributed by atoms with Gasteiger partial charge in [0.05, 0.1) is 22.3 Å². The zero-order chi connectivity index (χ0) is 14.0. The Kier molecular flexibility index (Phi) is 3.61. The number of rotatable bonds is 3. The molecule has 2 heterocycles. The highest BCUT2D eigenvalue weighted by Crippen LogP contribution is 2.07. The van der Waals surface area contributed by atoms with E-state index in [-0.39, 0.29) is 22.3 Å². The van der Waals surface area contributed by atoms with Crippen LogP contribution in [0.2, 0.25) is 0 Å². The maximum Gasteiger partial charge on any atom is 0.337 e. The SMILES string of the molecule is O=C(O)c1cccnc1Cn1cc(Br)c(=O)[nH]c1=O. The van der Waals surface area contributed by atoms with Crippen molar-refractivity contribution in [2.75, 3.05) is 0 Å². The number of aromatic nitrogens is 3. The molecular formula is C11H8BrN3O4. The smallest absolute Gasteiger partial charge is 0.337 e. The first kappa shape index (κ1) is 13.2. The standard InChI is InChI=1S/C11H8BrN3O4/c12-7-4-15(11(19)14-9(7)16)5-8-6(10(17)18)2-1-3-13-8/h1-4H,5H2,(H,17,18)(H,14,16,19). The van der Waals surface area contributed by atoms with Crippen LogP contribution in [0.15, 0.2) is 38.6 Å². The lowest BCUT2D eigenvalue weighted by molar-refractivity contribution is 0.0695. The van der Waals surface area contributed by atoms with E-state index in [4.69, 9.17) is 5.11 Å². The van der Waals surface area contributed by atoms with E-state index in [2.05, 4.69) is 25.9 Å². The van der Waals surface area contributed by atoms with Gasteiger partial charge >= 0.3 is 11.7 Å². The van der Waals surface area contributed by atoms with Gasteiger partial charge in [-0.15, -0.1) is 0 Å². The van der Waals surface area contributed by atoms with Gasteiger partial charge in [0.25, 0.3) is 5.56 Å². The van der Waals surface area contributed by atoms with Crippen molar-refractivity contribution >= 4 is 21.9 Å². The first-order chi connectivity index (χ1) is 8.99. The molecule has 2 aromatic heterocycles. The number of carboxylic acid groups (broad SMARTS) is 1. The summed E-state index contributed by atoms with van der Waals surface area (Å²) in [5.41, 5.74) is -0.927. The predicted molar refractivity (Wildman–Crippen MR) is 69.3 cm³/mol. The van der Waals surface area contributed by atoms with Crippen molar-refractivity contribution < 1.29 is 9.90 Å². The molecule has 0 atom stereocenters. The second-order valence-corrected chi connectivity index (χ2v) is 4.52. The molecule has 0 bridgehead atoms. The molecule has 0 unspecified atom stereocenters. The molecule has 0 aliphatic rings. The number of H-pyrrole nitrogens is 1. The first-order valence-corrected chi connectivity index (χ1v) is 5.95. The minimum atomic E-state index is -1.13. The van der Waals surface area contributed by atoms with Crippen molar-refractivity contribution in [1.29, 1.82) is 0 Å². The Balaban J connectivity index is 2.48. The van der Waals surface area contributed by atoms with Crippen molar-refractivity contribution in [3.8, 4) is 0 Å². The fourth-order valence-electron chi connectivity index (χ4n) is 1.52. The molecule has 7 nitrogen and oxygen atoms in total. The zero-order valence-electron chi connectivity index (χ0n) is 9.46. The molecule has 2 rings (SSSR count). The summed E-state index contributed by atoms with van der Waals surface area (Å²) >= 11 is 3.00. The number of halogens is 1. The number of nitrogens with zero attached hydrogens (tertiary/aromatic N) is 2. The van der Waals surface area contributed by atoms with Crippen molar-refractivity contribution in [2.24, 2.45) is 0 Å². The summed E-state index contributed by atoms with van der Waals surface area (Å²) in [6.45, 7) is -0.0450. The minimum Gasteiger partial charge on any atom is -0.478 e. The fourth-order valence-corrected chi connectivity index (χ4v) is 1.87. The number of aromatic amines is 1. The van der Waals surface area contributed by atoms with E-state index in [1.807, 2.05) is 0 Å². The maximum absolute atomic E-state index is 11.6. The van der Waals surface area contributed by atoms with E-state index in [9.17, 15) is 14.4 Å². The molecule has 2 N–H and O–H groups in total. The van der Waals surface area contributed by atoms with Gasteiger partial charge in [-0.1, -0.05) is 0 Å². The highest BCUT2D eigenvalue weighted by molar-refractivity contribution is 9.10. The van der Waals surface area contributed by atoms with E-state index < -0.39 is 17.2 Å². The predicted octanol–water partition coefficient (Wildman–Crippen LogP) is 0.441. The van der Waals surface area contributed by atoms with Gasteiger partial charge in [0.1, 0.15) is 0 Å². The first-order valence-electron chi connectivity index (χ1n) is 5.15. The lowest BCUT2D eigenvalue weighted by Gasteiger charge is -2.07. The average Bonchev–Trinajstić information content (AvgIpc) is 2.36. The van der Waals surface area contributed by atoms with Crippen molar-refractivity contribution in [3.63, 3.8) is 0 Å². The van der Waals surface area contributed by atoms with E-state index in [1.54, 1.807) is 0 Å². The highest BCUT2D eigenvalue weighted by atomic mass is 79.9. The normalized spacial score (nSPS) is 10.4. The molecule has 98 valence electrons. The van der Waals surface area contributed by atoms with Gasteiger partial charge in [-0.05, 0) is 28.1 Å². The quantitative estimate of drug-likeness (QED) is 0.851. The van der Waals surface area contributed by atoms with Gasteiger partial charge < -0.3 is 5.11 Å². The molecule has 0 saturated carbocycles. The Hall–Kier alpha value is -2.22. The Morgan fingerprint density at radius 1 is 1.47 bits per heavy atom. The molecule has 0 amide bonds. The van der Waals surface area contributed by atoms with Gasteiger partial charge in [-0.2, -0.15) is 0 Å². The number of hydrogen-bond acceptors (Lipinski definition) is 4. The zero-order valence-corrected chi connectivity index (χ0v) is 11.0. The summed E-state index contributed by atoms with van der Waals surface area (Å²) in [6.07, 6.45) is 2.73. The third-order valence-corrected chi connectivity index (χ3v) is 2.97. The van der Waals surface area contributed by atoms with Crippen LogP contribution in [0.25, 0.3) is 0 Å². The van der Waals surface area contributed by atoms with E-state index >= 15 is 0 Å². The molecule has 0 spiro atoms. The van der Waals surface area contributed by atoms with Crippen LogP contribution < -0.4 is 11.2 Å². The van der Waals surface area contributed by atoms with E-state index in [1.165, 1.54) is 29.1 Å². The van der Waals surface area contributed by atoms with Crippen LogP contribution >= 0.6 is 15.9 Å². The van der Waals surface area contributed by atoms with Crippen LogP contribution in [0.1, 0.15) is 16.1 Å². The van der Waals surface area contributed by atoms with Gasteiger partial charge in [0.2, 0.25) is 0 Å². The second-order valence-electron chi connectivity index (χ2n) is 3.67. The molecule has 0 fully saturated rings. The summed E-state index contributed by atoms with van der Waals surface area (Å²) in [6, 6.07) is 2.90. The summed E-state index contributed by atoms with van der Waals surface area (Å²) in [7, 11) is 0. The third kappa shape index (κ3) is 2.79. The molecule has 0 aliphatic carbocycles. The van der Waals surface area contributed by atoms with Crippen LogP contribution in [0, 0.1) is 0 Å². The molecule has 0 aromatic carbocycles. The largest absolute Gasteiger partial charge is 0.478 e. The summed E-state index contributed by atoms with van der Waals surface area (Å²) < 4.78 is 1.35. The third-order valence-electron chi connectivity index (χ3n) is 2.41. The molecule has 0 radical (unpaired) electrons. The number of pyridine rings is 1. The Labute approximate surface area is 114 Å². The minimum absolute atomic E-state index is 0.0109. The molecular weight excluding hydrogens is 318 g/mol. The van der Waals surface area contributed by atoms with Crippen LogP contribution in [0.5, 0.6) is 0 Å². The van der Waals surface area contributed by atoms with E-state index in [0.717, 1.165) is 0 Å². The van der Waals surface area contributed by atoms with Gasteiger partial charge in [-0.25, -0.2) is 9.59 Å². The van der Waals surface area contributed by atoms with Gasteiger partial charge in [-0.3, -0.25) is 19.3 Å². The molecule has 8 heteroatoms. The van der Waals surface area contributed by atoms with Crippen LogP contribution in [-0.4, -0.2) is 25.6 Å². The van der Waals surface area contributed by atoms with Crippen LogP contribution in [0.4, 0.5) is 0 Å².